The Morgan fingerprint density at radius 3 is 1.02 bits per heavy atom. The highest BCUT2D eigenvalue weighted by Crippen LogP contribution is 2.25. The second kappa shape index (κ2) is 9.99. The number of benzene rings is 3. The van der Waals surface area contributed by atoms with E-state index in [1.54, 1.807) is 0 Å². The highest BCUT2D eigenvalue weighted by molar-refractivity contribution is 5.97. The highest BCUT2D eigenvalue weighted by Gasteiger charge is 2.27. The third-order valence-corrected chi connectivity index (χ3v) is 7.11. The molecule has 15 heteroatoms. The molecule has 0 bridgehead atoms. The first kappa shape index (κ1) is 28.8. The molecular formula is C27H13F9N2O4. The van der Waals surface area contributed by atoms with Crippen LogP contribution in [0.25, 0.3) is 21.5 Å². The summed E-state index contributed by atoms with van der Waals surface area (Å²) in [7, 11) is 0. The summed E-state index contributed by atoms with van der Waals surface area (Å²) in [5.74, 6) is -17.8. The lowest BCUT2D eigenvalue weighted by atomic mass is 10.1. The van der Waals surface area contributed by atoms with Gasteiger partial charge in [-0.05, 0) is 31.9 Å². The lowest BCUT2D eigenvalue weighted by Crippen LogP contribution is -2.27. The van der Waals surface area contributed by atoms with Crippen molar-refractivity contribution in [1.82, 2.24) is 9.13 Å². The molecule has 0 unspecified atom stereocenters. The fraction of sp³-hybridized carbons (Fsp3) is 0.185. The van der Waals surface area contributed by atoms with Crippen molar-refractivity contribution >= 4 is 21.5 Å². The summed E-state index contributed by atoms with van der Waals surface area (Å²) >= 11 is 0. The largest absolute Gasteiger partial charge is 0.274 e. The molecule has 6 nitrogen and oxygen atoms in total. The Labute approximate surface area is 226 Å². The van der Waals surface area contributed by atoms with E-state index in [0.717, 1.165) is 19.1 Å². The number of hydrogen-bond acceptors (Lipinski definition) is 4. The smallest absolute Gasteiger partial charge is 0.261 e. The molecule has 0 aliphatic rings. The average molecular weight is 600 g/mol. The van der Waals surface area contributed by atoms with Gasteiger partial charge in [-0.1, -0.05) is 0 Å². The first-order valence-corrected chi connectivity index (χ1v) is 11.9. The lowest BCUT2D eigenvalue weighted by Gasteiger charge is -2.09. The molecule has 0 atom stereocenters. The molecule has 0 radical (unpaired) electrons. The molecule has 0 spiro atoms. The van der Waals surface area contributed by atoms with E-state index in [1.807, 2.05) is 0 Å². The van der Waals surface area contributed by atoms with Gasteiger partial charge < -0.3 is 0 Å². The SMILES string of the molecule is Cc1c(F)c(F)c(CCn2c(=O)c3cc4c(=O)n(CCc5c(F)c(F)c(F)c(F)c5F)c(=O)c4cc3c2=O)c(F)c1F. The second-order valence-corrected chi connectivity index (χ2v) is 9.38. The van der Waals surface area contributed by atoms with Crippen LogP contribution in [0.3, 0.4) is 0 Å². The van der Waals surface area contributed by atoms with Gasteiger partial charge in [0.05, 0.1) is 21.5 Å². The summed E-state index contributed by atoms with van der Waals surface area (Å²) in [6.45, 7) is -0.750. The van der Waals surface area contributed by atoms with Gasteiger partial charge in [-0.25, -0.2) is 39.5 Å². The van der Waals surface area contributed by atoms with Crippen LogP contribution in [-0.4, -0.2) is 9.13 Å². The van der Waals surface area contributed by atoms with Crippen LogP contribution in [0.5, 0.6) is 0 Å². The third-order valence-electron chi connectivity index (χ3n) is 7.11. The van der Waals surface area contributed by atoms with Crippen LogP contribution in [0, 0.1) is 59.3 Å². The maximum absolute atomic E-state index is 14.2. The van der Waals surface area contributed by atoms with E-state index in [0.29, 0.717) is 9.13 Å². The minimum Gasteiger partial charge on any atom is -0.274 e. The van der Waals surface area contributed by atoms with Gasteiger partial charge in [-0.15, -0.1) is 0 Å². The quantitative estimate of drug-likeness (QED) is 0.168. The number of rotatable bonds is 6. The van der Waals surface area contributed by atoms with E-state index in [2.05, 4.69) is 0 Å². The molecule has 42 heavy (non-hydrogen) atoms. The lowest BCUT2D eigenvalue weighted by molar-refractivity contribution is 0.368. The summed E-state index contributed by atoms with van der Waals surface area (Å²) < 4.78 is 126. The Morgan fingerprint density at radius 2 is 0.714 bits per heavy atom. The molecule has 218 valence electrons. The van der Waals surface area contributed by atoms with Crippen molar-refractivity contribution in [2.24, 2.45) is 0 Å². The normalized spacial score (nSPS) is 11.9. The zero-order valence-corrected chi connectivity index (χ0v) is 20.9. The first-order chi connectivity index (χ1) is 19.7. The maximum atomic E-state index is 14.2. The predicted molar refractivity (Wildman–Crippen MR) is 130 cm³/mol. The van der Waals surface area contributed by atoms with Crippen LogP contribution >= 0.6 is 0 Å². The number of hydrogen-bond donors (Lipinski definition) is 0. The van der Waals surface area contributed by atoms with Crippen molar-refractivity contribution in [1.29, 1.82) is 0 Å². The van der Waals surface area contributed by atoms with Gasteiger partial charge in [0.2, 0.25) is 5.82 Å². The predicted octanol–water partition coefficient (Wildman–Crippen LogP) is 3.96. The molecule has 5 aromatic rings. The van der Waals surface area contributed by atoms with Crippen LogP contribution in [0.2, 0.25) is 0 Å². The molecule has 0 saturated carbocycles. The topological polar surface area (TPSA) is 78.1 Å². The second-order valence-electron chi connectivity index (χ2n) is 9.38. The van der Waals surface area contributed by atoms with Gasteiger partial charge in [0.15, 0.2) is 46.5 Å². The van der Waals surface area contributed by atoms with E-state index >= 15 is 0 Å². The average Bonchev–Trinajstić information content (AvgIpc) is 3.35. The van der Waals surface area contributed by atoms with Crippen LogP contribution in [0.4, 0.5) is 39.5 Å². The highest BCUT2D eigenvalue weighted by atomic mass is 19.2. The van der Waals surface area contributed by atoms with Crippen LogP contribution in [0.15, 0.2) is 31.3 Å². The summed E-state index contributed by atoms with van der Waals surface area (Å²) in [5, 5.41) is -1.63. The van der Waals surface area contributed by atoms with Gasteiger partial charge in [0.25, 0.3) is 22.2 Å². The van der Waals surface area contributed by atoms with Gasteiger partial charge in [-0.3, -0.25) is 28.3 Å². The molecule has 2 heterocycles. The number of halogens is 9. The van der Waals surface area contributed by atoms with Crippen molar-refractivity contribution in [2.75, 3.05) is 0 Å². The van der Waals surface area contributed by atoms with E-state index < -0.39 is 139 Å². The molecule has 5 rings (SSSR count). The Balaban J connectivity index is 1.53. The van der Waals surface area contributed by atoms with Crippen LogP contribution in [-0.2, 0) is 25.9 Å². The van der Waals surface area contributed by atoms with Gasteiger partial charge >= 0.3 is 0 Å². The minimum absolute atomic E-state index is 0.399. The van der Waals surface area contributed by atoms with Gasteiger partial charge in [0, 0.05) is 29.8 Å². The molecule has 0 aliphatic heterocycles. The van der Waals surface area contributed by atoms with Crippen molar-refractivity contribution in [3.8, 4) is 0 Å². The van der Waals surface area contributed by atoms with Crippen molar-refractivity contribution in [3.05, 3.63) is 123 Å². The Bertz CT molecular complexity index is 1910. The van der Waals surface area contributed by atoms with E-state index in [1.165, 1.54) is 0 Å². The molecule has 0 N–H and O–H groups in total. The summed E-state index contributed by atoms with van der Waals surface area (Å²) in [6, 6.07) is 1.74. The first-order valence-electron chi connectivity index (χ1n) is 11.9. The van der Waals surface area contributed by atoms with E-state index in [4.69, 9.17) is 0 Å². The zero-order chi connectivity index (χ0) is 30.9. The van der Waals surface area contributed by atoms with Crippen molar-refractivity contribution in [2.45, 2.75) is 32.9 Å². The number of fused-ring (bicyclic) bond motifs is 2. The monoisotopic (exact) mass is 600 g/mol. The van der Waals surface area contributed by atoms with Crippen molar-refractivity contribution < 1.29 is 39.5 Å². The number of aromatic nitrogens is 2. The Kier molecular flexibility index (Phi) is 6.86. The van der Waals surface area contributed by atoms with E-state index in [-0.39, 0.29) is 0 Å². The van der Waals surface area contributed by atoms with E-state index in [9.17, 15) is 58.7 Å². The fourth-order valence-electron chi connectivity index (χ4n) is 4.80. The summed E-state index contributed by atoms with van der Waals surface area (Å²) in [5.41, 5.74) is -7.56. The van der Waals surface area contributed by atoms with Crippen molar-refractivity contribution in [3.63, 3.8) is 0 Å². The number of nitrogens with zero attached hydrogens (tertiary/aromatic N) is 2. The zero-order valence-electron chi connectivity index (χ0n) is 20.9. The summed E-state index contributed by atoms with van der Waals surface area (Å²) in [6.07, 6.45) is -1.78. The molecule has 0 aliphatic carbocycles. The molecule has 2 aromatic heterocycles. The van der Waals surface area contributed by atoms with Gasteiger partial charge in [0.1, 0.15) is 0 Å². The molecule has 0 saturated heterocycles. The van der Waals surface area contributed by atoms with Crippen LogP contribution < -0.4 is 22.2 Å². The standard InChI is InChI=1S/C27H13F9N2O4/c1-8-15(28)17(30)9(18(31)16(8)29)2-4-37-24(39)11-6-13-14(7-12(11)25(37)40)27(42)38(26(13)41)5-3-10-19(32)21(34)23(36)22(35)20(10)33/h6-7H,2-5H2,1H3. The Hall–Kier alpha value is -4.69. The molecule has 0 amide bonds. The fourth-order valence-corrected chi connectivity index (χ4v) is 4.80. The maximum Gasteiger partial charge on any atom is 0.261 e. The Morgan fingerprint density at radius 1 is 0.452 bits per heavy atom. The minimum atomic E-state index is -2.39. The third kappa shape index (κ3) is 4.05. The summed E-state index contributed by atoms with van der Waals surface area (Å²) in [4.78, 5) is 51.6. The molecular weight excluding hydrogens is 587 g/mol. The molecule has 0 fully saturated rings. The van der Waals surface area contributed by atoms with Crippen LogP contribution in [0.1, 0.15) is 16.7 Å². The molecule has 3 aromatic carbocycles. The van der Waals surface area contributed by atoms with Gasteiger partial charge in [-0.2, -0.15) is 0 Å².